The van der Waals surface area contributed by atoms with Gasteiger partial charge in [-0.25, -0.2) is 0 Å². The average Bonchev–Trinajstić information content (AvgIpc) is 2.86. The van der Waals surface area contributed by atoms with Gasteiger partial charge in [0.2, 0.25) is 6.79 Å². The van der Waals surface area contributed by atoms with Gasteiger partial charge in [0.05, 0.1) is 0 Å². The van der Waals surface area contributed by atoms with E-state index in [4.69, 9.17) is 15.2 Å². The van der Waals surface area contributed by atoms with Crippen molar-refractivity contribution in [3.8, 4) is 11.5 Å². The zero-order chi connectivity index (χ0) is 13.2. The zero-order valence-corrected chi connectivity index (χ0v) is 11.4. The molecule has 0 aliphatic carbocycles. The number of nitrogens with one attached hydrogen (secondary N) is 1. The van der Waals surface area contributed by atoms with Gasteiger partial charge in [-0.3, -0.25) is 0 Å². The summed E-state index contributed by atoms with van der Waals surface area (Å²) >= 11 is 0. The molecule has 2 aliphatic heterocycles. The first kappa shape index (κ1) is 12.8. The molecule has 2 heterocycles. The third-order valence-electron chi connectivity index (χ3n) is 4.11. The van der Waals surface area contributed by atoms with Crippen LogP contribution >= 0.6 is 0 Å². The predicted octanol–water partition coefficient (Wildman–Crippen LogP) is 2.26. The lowest BCUT2D eigenvalue weighted by Gasteiger charge is -2.27. The zero-order valence-electron chi connectivity index (χ0n) is 11.4. The highest BCUT2D eigenvalue weighted by molar-refractivity contribution is 5.49. The first-order valence-corrected chi connectivity index (χ1v) is 7.13. The molecule has 1 aromatic rings. The van der Waals surface area contributed by atoms with Crippen LogP contribution in [-0.4, -0.2) is 19.4 Å². The number of rotatable bonds is 3. The van der Waals surface area contributed by atoms with Gasteiger partial charge in [0.15, 0.2) is 11.5 Å². The highest BCUT2D eigenvalue weighted by Crippen LogP contribution is 2.37. The molecule has 0 bridgehead atoms. The first-order valence-electron chi connectivity index (χ1n) is 7.13. The van der Waals surface area contributed by atoms with Crippen molar-refractivity contribution in [3.05, 3.63) is 23.3 Å². The first-order chi connectivity index (χ1) is 9.24. The van der Waals surface area contributed by atoms with E-state index in [-0.39, 0.29) is 6.04 Å². The van der Waals surface area contributed by atoms with Gasteiger partial charge in [-0.05, 0) is 56.0 Å². The summed E-state index contributed by atoms with van der Waals surface area (Å²) < 4.78 is 10.8. The van der Waals surface area contributed by atoms with Crippen molar-refractivity contribution in [1.29, 1.82) is 0 Å². The Morgan fingerprint density at radius 2 is 2.11 bits per heavy atom. The van der Waals surface area contributed by atoms with Crippen molar-refractivity contribution in [3.63, 3.8) is 0 Å². The Bertz CT molecular complexity index is 456. The van der Waals surface area contributed by atoms with Crippen LogP contribution in [0, 0.1) is 6.92 Å². The summed E-state index contributed by atoms with van der Waals surface area (Å²) in [5.41, 5.74) is 8.75. The predicted molar refractivity (Wildman–Crippen MR) is 74.5 cm³/mol. The molecule has 0 saturated carbocycles. The van der Waals surface area contributed by atoms with Crippen molar-refractivity contribution < 1.29 is 9.47 Å². The van der Waals surface area contributed by atoms with Gasteiger partial charge >= 0.3 is 0 Å². The molecule has 0 amide bonds. The van der Waals surface area contributed by atoms with Crippen LogP contribution in [0.2, 0.25) is 0 Å². The van der Waals surface area contributed by atoms with Crippen LogP contribution in [0.1, 0.15) is 42.9 Å². The van der Waals surface area contributed by atoms with E-state index in [1.165, 1.54) is 30.4 Å². The van der Waals surface area contributed by atoms with Crippen LogP contribution in [0.3, 0.4) is 0 Å². The molecule has 1 saturated heterocycles. The molecule has 4 heteroatoms. The minimum absolute atomic E-state index is 0.0603. The summed E-state index contributed by atoms with van der Waals surface area (Å²) in [6.07, 6.45) is 4.82. The van der Waals surface area contributed by atoms with Gasteiger partial charge in [0.25, 0.3) is 0 Å². The van der Waals surface area contributed by atoms with E-state index in [0.29, 0.717) is 12.8 Å². The van der Waals surface area contributed by atoms with Crippen molar-refractivity contribution in [2.75, 3.05) is 13.3 Å². The summed E-state index contributed by atoms with van der Waals surface area (Å²) in [7, 11) is 0. The molecule has 2 atom stereocenters. The molecule has 0 spiro atoms. The maximum absolute atomic E-state index is 6.38. The standard InChI is InChI=1S/C15H22N2O2/c1-10-6-14-15(19-9-18-14)8-12(10)13(16)7-11-4-2-3-5-17-11/h6,8,11,13,17H,2-5,7,9,16H2,1H3. The number of hydrogen-bond acceptors (Lipinski definition) is 4. The van der Waals surface area contributed by atoms with E-state index >= 15 is 0 Å². The van der Waals surface area contributed by atoms with Crippen LogP contribution in [-0.2, 0) is 0 Å². The average molecular weight is 262 g/mol. The number of fused-ring (bicyclic) bond motifs is 1. The highest BCUT2D eigenvalue weighted by atomic mass is 16.7. The van der Waals surface area contributed by atoms with Crippen LogP contribution in [0.25, 0.3) is 0 Å². The summed E-state index contributed by atoms with van der Waals surface area (Å²) in [5.74, 6) is 1.66. The summed E-state index contributed by atoms with van der Waals surface area (Å²) in [4.78, 5) is 0. The normalized spacial score (nSPS) is 23.4. The smallest absolute Gasteiger partial charge is 0.231 e. The Hall–Kier alpha value is -1.26. The van der Waals surface area contributed by atoms with Crippen molar-refractivity contribution >= 4 is 0 Å². The van der Waals surface area contributed by atoms with E-state index in [1.54, 1.807) is 0 Å². The fourth-order valence-electron chi connectivity index (χ4n) is 3.02. The maximum Gasteiger partial charge on any atom is 0.231 e. The molecule has 2 aliphatic rings. The largest absolute Gasteiger partial charge is 0.454 e. The van der Waals surface area contributed by atoms with Crippen LogP contribution in [0.4, 0.5) is 0 Å². The Labute approximate surface area is 114 Å². The number of nitrogens with two attached hydrogens (primary N) is 1. The summed E-state index contributed by atoms with van der Waals surface area (Å²) in [5, 5.41) is 3.56. The Morgan fingerprint density at radius 3 is 2.84 bits per heavy atom. The Morgan fingerprint density at radius 1 is 1.32 bits per heavy atom. The van der Waals surface area contributed by atoms with Crippen molar-refractivity contribution in [2.45, 2.75) is 44.7 Å². The molecular weight excluding hydrogens is 240 g/mol. The molecule has 2 unspecified atom stereocenters. The number of ether oxygens (including phenoxy) is 2. The quantitative estimate of drug-likeness (QED) is 0.877. The lowest BCUT2D eigenvalue weighted by molar-refractivity contribution is 0.174. The SMILES string of the molecule is Cc1cc2c(cc1C(N)CC1CCCCN1)OCO2. The van der Waals surface area contributed by atoms with Crippen LogP contribution in [0.5, 0.6) is 11.5 Å². The third-order valence-corrected chi connectivity index (χ3v) is 4.11. The second kappa shape index (κ2) is 5.39. The number of aryl methyl sites for hydroxylation is 1. The molecule has 0 radical (unpaired) electrons. The monoisotopic (exact) mass is 262 g/mol. The fourth-order valence-corrected chi connectivity index (χ4v) is 3.02. The fraction of sp³-hybridized carbons (Fsp3) is 0.600. The highest BCUT2D eigenvalue weighted by Gasteiger charge is 2.21. The second-order valence-corrected chi connectivity index (χ2v) is 5.55. The van der Waals surface area contributed by atoms with E-state index in [9.17, 15) is 0 Å². The molecule has 104 valence electrons. The Kier molecular flexibility index (Phi) is 3.62. The van der Waals surface area contributed by atoms with E-state index in [0.717, 1.165) is 24.5 Å². The summed E-state index contributed by atoms with van der Waals surface area (Å²) in [6.45, 7) is 3.53. The van der Waals surface area contributed by atoms with E-state index in [2.05, 4.69) is 12.2 Å². The molecule has 1 fully saturated rings. The van der Waals surface area contributed by atoms with Crippen molar-refractivity contribution in [2.24, 2.45) is 5.73 Å². The van der Waals surface area contributed by atoms with Gasteiger partial charge in [0.1, 0.15) is 0 Å². The van der Waals surface area contributed by atoms with E-state index < -0.39 is 0 Å². The van der Waals surface area contributed by atoms with Gasteiger partial charge < -0.3 is 20.5 Å². The van der Waals surface area contributed by atoms with Gasteiger partial charge in [-0.2, -0.15) is 0 Å². The number of benzene rings is 1. The molecule has 0 aromatic heterocycles. The molecule has 4 nitrogen and oxygen atoms in total. The molecule has 3 N–H and O–H groups in total. The van der Waals surface area contributed by atoms with Gasteiger partial charge in [0, 0.05) is 12.1 Å². The Balaban J connectivity index is 1.73. The lowest BCUT2D eigenvalue weighted by atomic mass is 9.92. The molecule has 1 aromatic carbocycles. The third kappa shape index (κ3) is 2.69. The lowest BCUT2D eigenvalue weighted by Crippen LogP contribution is -2.36. The number of hydrogen-bond donors (Lipinski definition) is 2. The topological polar surface area (TPSA) is 56.5 Å². The van der Waals surface area contributed by atoms with Gasteiger partial charge in [-0.15, -0.1) is 0 Å². The minimum Gasteiger partial charge on any atom is -0.454 e. The second-order valence-electron chi connectivity index (χ2n) is 5.55. The molecule has 3 rings (SSSR count). The van der Waals surface area contributed by atoms with Crippen molar-refractivity contribution in [1.82, 2.24) is 5.32 Å². The van der Waals surface area contributed by atoms with Gasteiger partial charge in [-0.1, -0.05) is 6.42 Å². The maximum atomic E-state index is 6.38. The molecular formula is C15H22N2O2. The van der Waals surface area contributed by atoms with Crippen LogP contribution < -0.4 is 20.5 Å². The summed E-state index contributed by atoms with van der Waals surface area (Å²) in [6, 6.07) is 4.69. The minimum atomic E-state index is 0.0603. The molecule has 19 heavy (non-hydrogen) atoms. The number of piperidine rings is 1. The van der Waals surface area contributed by atoms with Crippen LogP contribution in [0.15, 0.2) is 12.1 Å². The van der Waals surface area contributed by atoms with E-state index in [1.807, 2.05) is 12.1 Å².